The highest BCUT2D eigenvalue weighted by Gasteiger charge is 2.45. The van der Waals surface area contributed by atoms with Gasteiger partial charge in [0, 0.05) is 0 Å². The van der Waals surface area contributed by atoms with Crippen LogP contribution in [0, 0.1) is 0 Å². The second-order valence-electron chi connectivity index (χ2n) is 5.02. The van der Waals surface area contributed by atoms with E-state index in [9.17, 15) is 8.78 Å². The molecule has 5 heteroatoms. The van der Waals surface area contributed by atoms with Gasteiger partial charge in [0.15, 0.2) is 5.60 Å². The molecule has 1 saturated heterocycles. The maximum atomic E-state index is 13.6. The zero-order valence-electron chi connectivity index (χ0n) is 11.6. The lowest BCUT2D eigenvalue weighted by molar-refractivity contribution is -0.220. The lowest BCUT2D eigenvalue weighted by atomic mass is 9.92. The Morgan fingerprint density at radius 1 is 1.10 bits per heavy atom. The van der Waals surface area contributed by atoms with Crippen LogP contribution < -0.4 is 4.74 Å². The van der Waals surface area contributed by atoms with Crippen molar-refractivity contribution in [1.29, 1.82) is 0 Å². The van der Waals surface area contributed by atoms with Gasteiger partial charge in [-0.25, -0.2) is 8.78 Å². The summed E-state index contributed by atoms with van der Waals surface area (Å²) in [7, 11) is 1.59. The van der Waals surface area contributed by atoms with Crippen LogP contribution in [-0.4, -0.2) is 33.4 Å². The molecule has 1 fully saturated rings. The summed E-state index contributed by atoms with van der Waals surface area (Å²) in [5.74, 6) is 0.732. The maximum absolute atomic E-state index is 13.6. The van der Waals surface area contributed by atoms with Gasteiger partial charge in [-0.1, -0.05) is 18.2 Å². The van der Waals surface area contributed by atoms with E-state index in [0.29, 0.717) is 12.2 Å². The predicted molar refractivity (Wildman–Crippen MR) is 75.0 cm³/mol. The number of hydrogen-bond acceptors (Lipinski definition) is 3. The normalized spacial score (nSPS) is 22.7. The van der Waals surface area contributed by atoms with Gasteiger partial charge in [0.25, 0.3) is 6.43 Å². The van der Waals surface area contributed by atoms with Gasteiger partial charge in [-0.3, -0.25) is 0 Å². The van der Waals surface area contributed by atoms with E-state index in [1.54, 1.807) is 31.4 Å². The van der Waals surface area contributed by atoms with Crippen molar-refractivity contribution in [2.24, 2.45) is 0 Å². The van der Waals surface area contributed by atoms with Crippen molar-refractivity contribution in [3.8, 4) is 5.75 Å². The molecule has 2 aromatic carbocycles. The molecular formula is C16H16F2O3. The van der Waals surface area contributed by atoms with Crippen LogP contribution in [0.4, 0.5) is 8.78 Å². The number of rotatable bonds is 3. The third-order valence-electron chi connectivity index (χ3n) is 3.79. The molecule has 0 N–H and O–H groups in total. The number of hydrogen-bond donors (Lipinski definition) is 0. The van der Waals surface area contributed by atoms with Crippen molar-refractivity contribution in [3.63, 3.8) is 0 Å². The van der Waals surface area contributed by atoms with Gasteiger partial charge in [0.1, 0.15) is 5.75 Å². The Kier molecular flexibility index (Phi) is 3.78. The Bertz CT molecular complexity index is 636. The number of halogens is 2. The minimum absolute atomic E-state index is 0.133. The fraction of sp³-hybridized carbons (Fsp3) is 0.375. The predicted octanol–water partition coefficient (Wildman–Crippen LogP) is 3.36. The minimum Gasteiger partial charge on any atom is -0.497 e. The summed E-state index contributed by atoms with van der Waals surface area (Å²) < 4.78 is 42.9. The van der Waals surface area contributed by atoms with E-state index in [4.69, 9.17) is 14.2 Å². The molecule has 2 aromatic rings. The summed E-state index contributed by atoms with van der Waals surface area (Å²) >= 11 is 0. The van der Waals surface area contributed by atoms with Crippen LogP contribution in [0.25, 0.3) is 10.8 Å². The summed E-state index contributed by atoms with van der Waals surface area (Å²) in [6, 6.07) is 10.7. The van der Waals surface area contributed by atoms with Crippen LogP contribution in [-0.2, 0) is 15.1 Å². The molecule has 0 bridgehead atoms. The van der Waals surface area contributed by atoms with E-state index in [2.05, 4.69) is 0 Å². The highest BCUT2D eigenvalue weighted by molar-refractivity contribution is 5.84. The van der Waals surface area contributed by atoms with Crippen molar-refractivity contribution < 1.29 is 23.0 Å². The molecule has 0 radical (unpaired) electrons. The number of benzene rings is 2. The van der Waals surface area contributed by atoms with Crippen molar-refractivity contribution in [2.75, 3.05) is 26.9 Å². The third-order valence-corrected chi connectivity index (χ3v) is 3.79. The molecule has 1 atom stereocenters. The molecule has 1 unspecified atom stereocenters. The second-order valence-corrected chi connectivity index (χ2v) is 5.02. The molecule has 1 aliphatic heterocycles. The van der Waals surface area contributed by atoms with Crippen LogP contribution in [0.5, 0.6) is 5.75 Å². The van der Waals surface area contributed by atoms with Crippen LogP contribution in [0.15, 0.2) is 36.4 Å². The number of alkyl halides is 2. The molecule has 0 spiro atoms. The van der Waals surface area contributed by atoms with E-state index in [-0.39, 0.29) is 13.2 Å². The summed E-state index contributed by atoms with van der Waals surface area (Å²) in [6.45, 7) is 0.385. The van der Waals surface area contributed by atoms with Crippen molar-refractivity contribution >= 4 is 10.8 Å². The molecular weight excluding hydrogens is 278 g/mol. The van der Waals surface area contributed by atoms with E-state index < -0.39 is 12.0 Å². The summed E-state index contributed by atoms with van der Waals surface area (Å²) in [5, 5.41) is 1.79. The Labute approximate surface area is 121 Å². The highest BCUT2D eigenvalue weighted by atomic mass is 19.3. The smallest absolute Gasteiger partial charge is 0.273 e. The first kappa shape index (κ1) is 14.2. The molecule has 0 aliphatic carbocycles. The summed E-state index contributed by atoms with van der Waals surface area (Å²) in [6.07, 6.45) is -2.64. The summed E-state index contributed by atoms with van der Waals surface area (Å²) in [5.41, 5.74) is -1.23. The van der Waals surface area contributed by atoms with Crippen LogP contribution in [0.3, 0.4) is 0 Å². The maximum Gasteiger partial charge on any atom is 0.273 e. The molecule has 0 amide bonds. The number of ether oxygens (including phenoxy) is 3. The van der Waals surface area contributed by atoms with E-state index in [1.165, 1.54) is 0 Å². The van der Waals surface area contributed by atoms with Gasteiger partial charge >= 0.3 is 0 Å². The third kappa shape index (κ3) is 2.47. The largest absolute Gasteiger partial charge is 0.497 e. The van der Waals surface area contributed by atoms with Crippen LogP contribution in [0.1, 0.15) is 5.56 Å². The molecule has 1 aliphatic rings. The standard InChI is InChI=1S/C16H16F2O3/c1-19-14-5-3-11-8-13(4-2-12(11)9-14)16(15(17)18)10-20-6-7-21-16/h2-5,8-9,15H,6-7,10H2,1H3. The average molecular weight is 294 g/mol. The van der Waals surface area contributed by atoms with Gasteiger partial charge in [-0.2, -0.15) is 0 Å². The molecule has 0 saturated carbocycles. The quantitative estimate of drug-likeness (QED) is 0.869. The zero-order chi connectivity index (χ0) is 14.9. The number of fused-ring (bicyclic) bond motifs is 1. The van der Waals surface area contributed by atoms with Gasteiger partial charge in [0.2, 0.25) is 0 Å². The molecule has 0 aromatic heterocycles. The zero-order valence-corrected chi connectivity index (χ0v) is 11.6. The molecule has 21 heavy (non-hydrogen) atoms. The fourth-order valence-corrected chi connectivity index (χ4v) is 2.58. The summed E-state index contributed by atoms with van der Waals surface area (Å²) in [4.78, 5) is 0. The van der Waals surface area contributed by atoms with E-state index in [0.717, 1.165) is 16.5 Å². The van der Waals surface area contributed by atoms with Crippen molar-refractivity contribution in [1.82, 2.24) is 0 Å². The van der Waals surface area contributed by atoms with Gasteiger partial charge < -0.3 is 14.2 Å². The van der Waals surface area contributed by atoms with Gasteiger partial charge in [-0.05, 0) is 34.5 Å². The monoisotopic (exact) mass is 294 g/mol. The van der Waals surface area contributed by atoms with E-state index in [1.807, 2.05) is 12.1 Å². The molecule has 3 rings (SSSR count). The average Bonchev–Trinajstić information content (AvgIpc) is 2.54. The van der Waals surface area contributed by atoms with Crippen LogP contribution >= 0.6 is 0 Å². The Balaban J connectivity index is 2.06. The Morgan fingerprint density at radius 2 is 1.86 bits per heavy atom. The number of methoxy groups -OCH3 is 1. The van der Waals surface area contributed by atoms with Gasteiger partial charge in [-0.15, -0.1) is 0 Å². The molecule has 1 heterocycles. The Hall–Kier alpha value is -1.72. The highest BCUT2D eigenvalue weighted by Crippen LogP contribution is 2.36. The molecule has 3 nitrogen and oxygen atoms in total. The minimum atomic E-state index is -2.64. The SMILES string of the molecule is COc1ccc2cc(C3(C(F)F)COCCO3)ccc2c1. The van der Waals surface area contributed by atoms with Crippen LogP contribution in [0.2, 0.25) is 0 Å². The second kappa shape index (κ2) is 5.58. The fourth-order valence-electron chi connectivity index (χ4n) is 2.58. The molecule has 112 valence electrons. The topological polar surface area (TPSA) is 27.7 Å². The van der Waals surface area contributed by atoms with Crippen molar-refractivity contribution in [3.05, 3.63) is 42.0 Å². The first-order chi connectivity index (χ1) is 10.2. The Morgan fingerprint density at radius 3 is 2.52 bits per heavy atom. The lowest BCUT2D eigenvalue weighted by Gasteiger charge is -2.36. The first-order valence-electron chi connectivity index (χ1n) is 6.74. The van der Waals surface area contributed by atoms with Crippen molar-refractivity contribution in [2.45, 2.75) is 12.0 Å². The van der Waals surface area contributed by atoms with Gasteiger partial charge in [0.05, 0.1) is 26.9 Å². The first-order valence-corrected chi connectivity index (χ1v) is 6.74. The van der Waals surface area contributed by atoms with E-state index >= 15 is 0 Å². The lowest BCUT2D eigenvalue weighted by Crippen LogP contribution is -2.46.